The SMILES string of the molecule is CC1(C(=O)O)CCN(CC(=O)NCCOc2cccc(C(F)(F)F)c2)C1. The summed E-state index contributed by atoms with van der Waals surface area (Å²) < 4.78 is 43.0. The molecular weight excluding hydrogens is 353 g/mol. The summed E-state index contributed by atoms with van der Waals surface area (Å²) in [6.07, 6.45) is -3.96. The van der Waals surface area contributed by atoms with Crippen LogP contribution in [0.2, 0.25) is 0 Å². The molecule has 144 valence electrons. The van der Waals surface area contributed by atoms with Crippen LogP contribution in [0.5, 0.6) is 5.75 Å². The fraction of sp³-hybridized carbons (Fsp3) is 0.529. The van der Waals surface area contributed by atoms with Gasteiger partial charge < -0.3 is 15.2 Å². The number of carboxylic acid groups (broad SMARTS) is 1. The van der Waals surface area contributed by atoms with Crippen molar-refractivity contribution in [2.24, 2.45) is 5.41 Å². The Bertz CT molecular complexity index is 666. The molecule has 26 heavy (non-hydrogen) atoms. The van der Waals surface area contributed by atoms with Crippen molar-refractivity contribution >= 4 is 11.9 Å². The zero-order valence-corrected chi connectivity index (χ0v) is 14.3. The summed E-state index contributed by atoms with van der Waals surface area (Å²) in [6, 6.07) is 4.52. The minimum absolute atomic E-state index is 0.0277. The molecule has 1 aliphatic rings. The van der Waals surface area contributed by atoms with Crippen molar-refractivity contribution in [3.8, 4) is 5.75 Å². The molecule has 6 nitrogen and oxygen atoms in total. The third-order valence-corrected chi connectivity index (χ3v) is 4.29. The van der Waals surface area contributed by atoms with E-state index in [0.717, 1.165) is 12.1 Å². The normalized spacial score (nSPS) is 20.8. The van der Waals surface area contributed by atoms with Gasteiger partial charge in [0.15, 0.2) is 0 Å². The smallest absolute Gasteiger partial charge is 0.416 e. The maximum absolute atomic E-state index is 12.6. The van der Waals surface area contributed by atoms with Crippen LogP contribution in [0.4, 0.5) is 13.2 Å². The predicted molar refractivity (Wildman–Crippen MR) is 86.7 cm³/mol. The molecule has 0 saturated carbocycles. The van der Waals surface area contributed by atoms with Crippen molar-refractivity contribution in [2.75, 3.05) is 32.8 Å². The molecule has 1 heterocycles. The Morgan fingerprint density at radius 2 is 2.12 bits per heavy atom. The summed E-state index contributed by atoms with van der Waals surface area (Å²) in [4.78, 5) is 24.8. The number of halogens is 3. The zero-order chi connectivity index (χ0) is 19.4. The van der Waals surface area contributed by atoms with Gasteiger partial charge in [0.05, 0.1) is 24.1 Å². The number of alkyl halides is 3. The maximum atomic E-state index is 12.6. The second kappa shape index (κ2) is 7.94. The lowest BCUT2D eigenvalue weighted by molar-refractivity contribution is -0.147. The molecule has 1 amide bonds. The molecule has 1 unspecified atom stereocenters. The number of carboxylic acids is 1. The lowest BCUT2D eigenvalue weighted by atomic mass is 9.90. The first-order valence-electron chi connectivity index (χ1n) is 8.13. The first-order chi connectivity index (χ1) is 12.1. The molecule has 1 aliphatic heterocycles. The molecule has 1 saturated heterocycles. The first-order valence-corrected chi connectivity index (χ1v) is 8.13. The molecule has 2 rings (SSSR count). The van der Waals surface area contributed by atoms with Gasteiger partial charge in [0.25, 0.3) is 0 Å². The van der Waals surface area contributed by atoms with E-state index < -0.39 is 23.1 Å². The van der Waals surface area contributed by atoms with Gasteiger partial charge in [0, 0.05) is 6.54 Å². The second-order valence-corrected chi connectivity index (χ2v) is 6.55. The van der Waals surface area contributed by atoms with Crippen LogP contribution >= 0.6 is 0 Å². The topological polar surface area (TPSA) is 78.9 Å². The Hall–Kier alpha value is -2.29. The quantitative estimate of drug-likeness (QED) is 0.714. The van der Waals surface area contributed by atoms with E-state index in [9.17, 15) is 22.8 Å². The van der Waals surface area contributed by atoms with Gasteiger partial charge in [-0.2, -0.15) is 13.2 Å². The van der Waals surface area contributed by atoms with Crippen LogP contribution in [0, 0.1) is 5.41 Å². The minimum Gasteiger partial charge on any atom is -0.492 e. The number of likely N-dealkylation sites (tertiary alicyclic amines) is 1. The van der Waals surface area contributed by atoms with E-state index >= 15 is 0 Å². The molecule has 1 aromatic rings. The van der Waals surface area contributed by atoms with Crippen LogP contribution in [0.25, 0.3) is 0 Å². The van der Waals surface area contributed by atoms with Gasteiger partial charge in [0.2, 0.25) is 5.91 Å². The molecule has 9 heteroatoms. The fourth-order valence-electron chi connectivity index (χ4n) is 2.75. The predicted octanol–water partition coefficient (Wildman–Crippen LogP) is 2.00. The lowest BCUT2D eigenvalue weighted by Crippen LogP contribution is -2.39. The van der Waals surface area contributed by atoms with E-state index in [1.165, 1.54) is 12.1 Å². The molecule has 1 aromatic carbocycles. The van der Waals surface area contributed by atoms with Gasteiger partial charge in [-0.3, -0.25) is 14.5 Å². The van der Waals surface area contributed by atoms with Gasteiger partial charge in [0.1, 0.15) is 12.4 Å². The first kappa shape index (κ1) is 20.0. The van der Waals surface area contributed by atoms with Gasteiger partial charge in [-0.15, -0.1) is 0 Å². The summed E-state index contributed by atoms with van der Waals surface area (Å²) in [5.41, 5.74) is -1.64. The molecule has 0 bridgehead atoms. The van der Waals surface area contributed by atoms with Crippen molar-refractivity contribution in [1.82, 2.24) is 10.2 Å². The van der Waals surface area contributed by atoms with Gasteiger partial charge in [-0.25, -0.2) is 0 Å². The van der Waals surface area contributed by atoms with Crippen LogP contribution in [-0.4, -0.2) is 54.7 Å². The summed E-state index contributed by atoms with van der Waals surface area (Å²) in [5.74, 6) is -1.09. The third-order valence-electron chi connectivity index (χ3n) is 4.29. The number of aliphatic carboxylic acids is 1. The van der Waals surface area contributed by atoms with E-state index in [2.05, 4.69) is 5.32 Å². The largest absolute Gasteiger partial charge is 0.492 e. The average molecular weight is 374 g/mol. The summed E-state index contributed by atoms with van der Waals surface area (Å²) in [7, 11) is 0. The van der Waals surface area contributed by atoms with E-state index in [4.69, 9.17) is 9.84 Å². The van der Waals surface area contributed by atoms with Crippen molar-refractivity contribution in [3.05, 3.63) is 29.8 Å². The van der Waals surface area contributed by atoms with Gasteiger partial charge in [-0.1, -0.05) is 6.07 Å². The van der Waals surface area contributed by atoms with Crippen molar-refractivity contribution in [1.29, 1.82) is 0 Å². The number of hydrogen-bond acceptors (Lipinski definition) is 4. The third kappa shape index (κ3) is 5.35. The standard InChI is InChI=1S/C17H21F3N2O4/c1-16(15(24)25)5-7-22(11-16)10-14(23)21-6-8-26-13-4-2-3-12(9-13)17(18,19)20/h2-4,9H,5-8,10-11H2,1H3,(H,21,23)(H,24,25). The molecule has 0 spiro atoms. The van der Waals surface area contributed by atoms with E-state index in [-0.39, 0.29) is 31.4 Å². The minimum atomic E-state index is -4.44. The van der Waals surface area contributed by atoms with E-state index in [1.54, 1.807) is 11.8 Å². The second-order valence-electron chi connectivity index (χ2n) is 6.55. The average Bonchev–Trinajstić information content (AvgIpc) is 2.93. The Labute approximate surface area is 148 Å². The van der Waals surface area contributed by atoms with Crippen LogP contribution < -0.4 is 10.1 Å². The Morgan fingerprint density at radius 1 is 1.38 bits per heavy atom. The Kier molecular flexibility index (Phi) is 6.12. The lowest BCUT2D eigenvalue weighted by Gasteiger charge is -2.19. The Balaban J connectivity index is 1.70. The summed E-state index contributed by atoms with van der Waals surface area (Å²) in [6.45, 7) is 2.72. The van der Waals surface area contributed by atoms with E-state index in [0.29, 0.717) is 19.5 Å². The molecule has 1 fully saturated rings. The van der Waals surface area contributed by atoms with Crippen LogP contribution in [0.3, 0.4) is 0 Å². The van der Waals surface area contributed by atoms with Crippen molar-refractivity contribution in [2.45, 2.75) is 19.5 Å². The number of nitrogens with one attached hydrogen (secondary N) is 1. The number of carbonyl (C=O) groups is 2. The molecule has 1 atom stereocenters. The van der Waals surface area contributed by atoms with Crippen molar-refractivity contribution in [3.63, 3.8) is 0 Å². The van der Waals surface area contributed by atoms with Gasteiger partial charge >= 0.3 is 12.1 Å². The number of hydrogen-bond donors (Lipinski definition) is 2. The van der Waals surface area contributed by atoms with Crippen LogP contribution in [0.15, 0.2) is 24.3 Å². The molecule has 0 radical (unpaired) electrons. The molecular formula is C17H21F3N2O4. The highest BCUT2D eigenvalue weighted by atomic mass is 19.4. The van der Waals surface area contributed by atoms with Crippen LogP contribution in [-0.2, 0) is 15.8 Å². The summed E-state index contributed by atoms with van der Waals surface area (Å²) >= 11 is 0. The number of benzene rings is 1. The highest BCUT2D eigenvalue weighted by Gasteiger charge is 2.40. The number of rotatable bonds is 7. The highest BCUT2D eigenvalue weighted by Crippen LogP contribution is 2.31. The maximum Gasteiger partial charge on any atom is 0.416 e. The molecule has 0 aromatic heterocycles. The molecule has 2 N–H and O–H groups in total. The fourth-order valence-corrected chi connectivity index (χ4v) is 2.75. The van der Waals surface area contributed by atoms with Crippen molar-refractivity contribution < 1.29 is 32.6 Å². The number of amides is 1. The number of nitrogens with zero attached hydrogens (tertiary/aromatic N) is 1. The molecule has 0 aliphatic carbocycles. The monoisotopic (exact) mass is 374 g/mol. The number of ether oxygens (including phenoxy) is 1. The van der Waals surface area contributed by atoms with Gasteiger partial charge in [-0.05, 0) is 38.1 Å². The highest BCUT2D eigenvalue weighted by molar-refractivity contribution is 5.79. The summed E-state index contributed by atoms with van der Waals surface area (Å²) in [5, 5.41) is 11.8. The number of carbonyl (C=O) groups excluding carboxylic acids is 1. The zero-order valence-electron chi connectivity index (χ0n) is 14.3. The van der Waals surface area contributed by atoms with E-state index in [1.807, 2.05) is 0 Å². The Morgan fingerprint density at radius 3 is 2.73 bits per heavy atom. The van der Waals surface area contributed by atoms with Crippen LogP contribution in [0.1, 0.15) is 18.9 Å².